The number of hydrogen-bond acceptors (Lipinski definition) is 8. The van der Waals surface area contributed by atoms with E-state index in [2.05, 4.69) is 5.32 Å². The van der Waals surface area contributed by atoms with Crippen LogP contribution in [0.25, 0.3) is 0 Å². The Morgan fingerprint density at radius 2 is 1.56 bits per heavy atom. The van der Waals surface area contributed by atoms with Gasteiger partial charge in [0.15, 0.2) is 11.5 Å². The number of anilines is 1. The predicted molar refractivity (Wildman–Crippen MR) is 163 cm³/mol. The summed E-state index contributed by atoms with van der Waals surface area (Å²) in [6.45, 7) is 3.53. The molecule has 2 amide bonds. The molecule has 0 saturated heterocycles. The monoisotopic (exact) mass is 613 g/mol. The number of nitrogens with one attached hydrogen (secondary N) is 1. The Morgan fingerprint density at radius 3 is 2.14 bits per heavy atom. The fourth-order valence-corrected chi connectivity index (χ4v) is 5.99. The van der Waals surface area contributed by atoms with Gasteiger partial charge in [-0.15, -0.1) is 0 Å². The van der Waals surface area contributed by atoms with Crippen LogP contribution in [-0.4, -0.2) is 72.7 Å². The van der Waals surface area contributed by atoms with Crippen molar-refractivity contribution in [3.8, 4) is 23.0 Å². The zero-order valence-corrected chi connectivity index (χ0v) is 26.1. The van der Waals surface area contributed by atoms with Crippen LogP contribution in [0.15, 0.2) is 71.6 Å². The Balaban J connectivity index is 2.11. The zero-order valence-electron chi connectivity index (χ0n) is 25.3. The van der Waals surface area contributed by atoms with Gasteiger partial charge in [-0.05, 0) is 67.4 Å². The summed E-state index contributed by atoms with van der Waals surface area (Å²) in [6, 6.07) is 16.9. The van der Waals surface area contributed by atoms with Crippen LogP contribution >= 0.6 is 0 Å². The lowest BCUT2D eigenvalue weighted by atomic mass is 10.1. The molecule has 11 nitrogen and oxygen atoms in total. The molecule has 232 valence electrons. The van der Waals surface area contributed by atoms with Crippen molar-refractivity contribution in [3.63, 3.8) is 0 Å². The molecule has 43 heavy (non-hydrogen) atoms. The average Bonchev–Trinajstić information content (AvgIpc) is 3.03. The highest BCUT2D eigenvalue weighted by Crippen LogP contribution is 2.33. The first-order valence-electron chi connectivity index (χ1n) is 13.7. The SMILES string of the molecule is CCOc1ccc(N(CC(=O)N(Cc2cccc(OC)c2)C(CC)C(=O)NC)S(=O)(=O)c2ccc(OC)c(OC)c2)cc1. The maximum Gasteiger partial charge on any atom is 0.264 e. The van der Waals surface area contributed by atoms with E-state index >= 15 is 0 Å². The lowest BCUT2D eigenvalue weighted by Crippen LogP contribution is -2.51. The maximum absolute atomic E-state index is 14.2. The van der Waals surface area contributed by atoms with E-state index in [0.29, 0.717) is 35.8 Å². The first-order valence-corrected chi connectivity index (χ1v) is 15.2. The number of benzene rings is 3. The number of nitrogens with zero attached hydrogens (tertiary/aromatic N) is 2. The van der Waals surface area contributed by atoms with Gasteiger partial charge in [0.1, 0.15) is 24.1 Å². The van der Waals surface area contributed by atoms with Crippen LogP contribution in [0.5, 0.6) is 23.0 Å². The minimum Gasteiger partial charge on any atom is -0.497 e. The first-order chi connectivity index (χ1) is 20.6. The highest BCUT2D eigenvalue weighted by Gasteiger charge is 2.34. The van der Waals surface area contributed by atoms with E-state index in [9.17, 15) is 18.0 Å². The van der Waals surface area contributed by atoms with E-state index in [-0.39, 0.29) is 28.8 Å². The minimum atomic E-state index is -4.32. The quantitative estimate of drug-likeness (QED) is 0.274. The molecule has 0 aliphatic carbocycles. The number of methoxy groups -OCH3 is 3. The summed E-state index contributed by atoms with van der Waals surface area (Å²) in [7, 11) is 1.57. The van der Waals surface area contributed by atoms with Crippen molar-refractivity contribution in [2.24, 2.45) is 0 Å². The van der Waals surface area contributed by atoms with Gasteiger partial charge in [0.25, 0.3) is 10.0 Å². The number of likely N-dealkylation sites (N-methyl/N-ethyl adjacent to an activating group) is 1. The molecule has 0 fully saturated rings. The van der Waals surface area contributed by atoms with Crippen LogP contribution in [0.2, 0.25) is 0 Å². The highest BCUT2D eigenvalue weighted by molar-refractivity contribution is 7.92. The Morgan fingerprint density at radius 1 is 0.860 bits per heavy atom. The van der Waals surface area contributed by atoms with Crippen molar-refractivity contribution in [2.45, 2.75) is 37.8 Å². The average molecular weight is 614 g/mol. The van der Waals surface area contributed by atoms with Crippen LogP contribution in [0.4, 0.5) is 5.69 Å². The van der Waals surface area contributed by atoms with Crippen molar-refractivity contribution < 1.29 is 37.0 Å². The number of hydrogen-bond donors (Lipinski definition) is 1. The van der Waals surface area contributed by atoms with Crippen molar-refractivity contribution in [1.29, 1.82) is 0 Å². The van der Waals surface area contributed by atoms with E-state index in [1.54, 1.807) is 49.4 Å². The number of rotatable bonds is 15. The summed E-state index contributed by atoms with van der Waals surface area (Å²) in [4.78, 5) is 28.3. The number of sulfonamides is 1. The van der Waals surface area contributed by atoms with E-state index in [0.717, 1.165) is 4.31 Å². The van der Waals surface area contributed by atoms with Crippen molar-refractivity contribution in [3.05, 3.63) is 72.3 Å². The molecule has 0 radical (unpaired) electrons. The molecule has 0 aliphatic rings. The van der Waals surface area contributed by atoms with Gasteiger partial charge in [-0.2, -0.15) is 0 Å². The largest absolute Gasteiger partial charge is 0.497 e. The molecule has 0 saturated carbocycles. The number of ether oxygens (including phenoxy) is 4. The second-order valence-corrected chi connectivity index (χ2v) is 11.2. The second kappa shape index (κ2) is 15.1. The summed E-state index contributed by atoms with van der Waals surface area (Å²) < 4.78 is 50.8. The number of carbonyl (C=O) groups is 2. The van der Waals surface area contributed by atoms with E-state index in [1.165, 1.54) is 51.5 Å². The molecule has 3 aromatic carbocycles. The number of amides is 2. The van der Waals surface area contributed by atoms with Crippen molar-refractivity contribution in [2.75, 3.05) is 45.8 Å². The first kappa shape index (κ1) is 33.1. The molecule has 0 aromatic heterocycles. The summed E-state index contributed by atoms with van der Waals surface area (Å²) in [5.74, 6) is 0.763. The van der Waals surface area contributed by atoms with Gasteiger partial charge in [0.05, 0.1) is 38.5 Å². The lowest BCUT2D eigenvalue weighted by Gasteiger charge is -2.33. The van der Waals surface area contributed by atoms with Crippen molar-refractivity contribution in [1.82, 2.24) is 10.2 Å². The van der Waals surface area contributed by atoms with E-state index in [1.807, 2.05) is 13.0 Å². The predicted octanol–water partition coefficient (Wildman–Crippen LogP) is 3.86. The summed E-state index contributed by atoms with van der Waals surface area (Å²) >= 11 is 0. The number of carbonyl (C=O) groups excluding carboxylic acids is 2. The fourth-order valence-electron chi connectivity index (χ4n) is 4.56. The van der Waals surface area contributed by atoms with Crippen LogP contribution in [0, 0.1) is 0 Å². The molecule has 1 unspecified atom stereocenters. The van der Waals surface area contributed by atoms with Crippen LogP contribution in [-0.2, 0) is 26.2 Å². The lowest BCUT2D eigenvalue weighted by molar-refractivity contribution is -0.140. The highest BCUT2D eigenvalue weighted by atomic mass is 32.2. The van der Waals surface area contributed by atoms with E-state index in [4.69, 9.17) is 18.9 Å². The summed E-state index contributed by atoms with van der Waals surface area (Å²) in [5.41, 5.74) is 0.950. The Hall–Kier alpha value is -4.45. The molecular formula is C31H39N3O8S. The normalized spacial score (nSPS) is 11.7. The molecule has 12 heteroatoms. The van der Waals surface area contributed by atoms with Gasteiger partial charge in [-0.1, -0.05) is 19.1 Å². The molecule has 1 N–H and O–H groups in total. The third-order valence-corrected chi connectivity index (χ3v) is 8.55. The standard InChI is InChI=1S/C31H39N3O8S/c1-7-27(31(36)32-3)33(20-22-10-9-11-25(18-22)39-4)30(35)21-34(23-12-14-24(15-13-23)42-8-2)43(37,38)26-16-17-28(40-5)29(19-26)41-6/h9-19,27H,7-8,20-21H2,1-6H3,(H,32,36). The molecule has 0 heterocycles. The summed E-state index contributed by atoms with van der Waals surface area (Å²) in [5, 5.41) is 2.61. The fraction of sp³-hybridized carbons (Fsp3) is 0.355. The van der Waals surface area contributed by atoms with Crippen LogP contribution < -0.4 is 28.6 Å². The zero-order chi connectivity index (χ0) is 31.6. The molecule has 0 bridgehead atoms. The van der Waals surface area contributed by atoms with Gasteiger partial charge in [-0.3, -0.25) is 13.9 Å². The Kier molecular flexibility index (Phi) is 11.6. The van der Waals surface area contributed by atoms with Crippen LogP contribution in [0.3, 0.4) is 0 Å². The molecule has 3 rings (SSSR count). The van der Waals surface area contributed by atoms with Crippen molar-refractivity contribution >= 4 is 27.5 Å². The maximum atomic E-state index is 14.2. The third kappa shape index (κ3) is 7.89. The van der Waals surface area contributed by atoms with Gasteiger partial charge < -0.3 is 29.2 Å². The summed E-state index contributed by atoms with van der Waals surface area (Å²) in [6.07, 6.45) is 0.306. The molecule has 3 aromatic rings. The second-order valence-electron chi connectivity index (χ2n) is 9.37. The third-order valence-electron chi connectivity index (χ3n) is 6.78. The molecule has 0 aliphatic heterocycles. The van der Waals surface area contributed by atoms with Gasteiger partial charge in [0.2, 0.25) is 11.8 Å². The smallest absolute Gasteiger partial charge is 0.264 e. The minimum absolute atomic E-state index is 0.0511. The topological polar surface area (TPSA) is 124 Å². The van der Waals surface area contributed by atoms with Gasteiger partial charge >= 0.3 is 0 Å². The van der Waals surface area contributed by atoms with Crippen LogP contribution in [0.1, 0.15) is 25.8 Å². The Bertz CT molecular complexity index is 1500. The van der Waals surface area contributed by atoms with Gasteiger partial charge in [0, 0.05) is 19.7 Å². The van der Waals surface area contributed by atoms with E-state index < -0.39 is 28.5 Å². The van der Waals surface area contributed by atoms with Gasteiger partial charge in [-0.25, -0.2) is 8.42 Å². The molecule has 0 spiro atoms. The molecular weight excluding hydrogens is 574 g/mol. The Labute approximate surface area is 253 Å². The molecule has 1 atom stereocenters.